The Morgan fingerprint density at radius 1 is 1.22 bits per heavy atom. The standard InChI is InChI=1S/C13H10Cl2O3/c1-2-17-13(16)12-4-3-11(18-12)8-5-9(14)7-10(15)6-8/h3-7H,2H2,1H3. The number of benzene rings is 1. The van der Waals surface area contributed by atoms with Crippen LogP contribution in [0.25, 0.3) is 11.3 Å². The van der Waals surface area contributed by atoms with Crippen LogP contribution < -0.4 is 0 Å². The van der Waals surface area contributed by atoms with Gasteiger partial charge in [-0.3, -0.25) is 0 Å². The molecular formula is C13H10Cl2O3. The Morgan fingerprint density at radius 2 is 1.89 bits per heavy atom. The van der Waals surface area contributed by atoms with Crippen LogP contribution in [-0.4, -0.2) is 12.6 Å². The summed E-state index contributed by atoms with van der Waals surface area (Å²) in [6.07, 6.45) is 0. The van der Waals surface area contributed by atoms with Crippen LogP contribution in [0.1, 0.15) is 17.5 Å². The Hall–Kier alpha value is -1.45. The summed E-state index contributed by atoms with van der Waals surface area (Å²) in [5, 5.41) is 1.01. The van der Waals surface area contributed by atoms with Gasteiger partial charge in [0.25, 0.3) is 0 Å². The van der Waals surface area contributed by atoms with Crippen molar-refractivity contribution in [3.8, 4) is 11.3 Å². The molecule has 0 unspecified atom stereocenters. The molecule has 1 heterocycles. The minimum Gasteiger partial charge on any atom is -0.460 e. The Balaban J connectivity index is 2.32. The van der Waals surface area contributed by atoms with E-state index in [1.54, 1.807) is 37.3 Å². The second-order valence-corrected chi connectivity index (χ2v) is 4.42. The molecular weight excluding hydrogens is 275 g/mol. The lowest BCUT2D eigenvalue weighted by molar-refractivity contribution is 0.0491. The number of esters is 1. The van der Waals surface area contributed by atoms with Gasteiger partial charge < -0.3 is 9.15 Å². The lowest BCUT2D eigenvalue weighted by Crippen LogP contribution is -2.02. The highest BCUT2D eigenvalue weighted by Gasteiger charge is 2.13. The fraction of sp³-hybridized carbons (Fsp3) is 0.154. The van der Waals surface area contributed by atoms with Gasteiger partial charge in [0.15, 0.2) is 0 Å². The van der Waals surface area contributed by atoms with E-state index in [9.17, 15) is 4.79 Å². The fourth-order valence-corrected chi connectivity index (χ4v) is 2.03. The molecule has 0 fully saturated rings. The van der Waals surface area contributed by atoms with Crippen molar-refractivity contribution in [2.24, 2.45) is 0 Å². The van der Waals surface area contributed by atoms with Crippen LogP contribution in [0.4, 0.5) is 0 Å². The maximum atomic E-state index is 11.5. The number of ether oxygens (including phenoxy) is 1. The number of hydrogen-bond donors (Lipinski definition) is 0. The second kappa shape index (κ2) is 5.46. The fourth-order valence-electron chi connectivity index (χ4n) is 1.50. The van der Waals surface area contributed by atoms with Crippen molar-refractivity contribution in [3.05, 3.63) is 46.1 Å². The SMILES string of the molecule is CCOC(=O)c1ccc(-c2cc(Cl)cc(Cl)c2)o1. The van der Waals surface area contributed by atoms with Gasteiger partial charge in [0.05, 0.1) is 6.61 Å². The molecule has 0 spiro atoms. The number of hydrogen-bond acceptors (Lipinski definition) is 3. The first-order valence-corrected chi connectivity index (χ1v) is 6.09. The zero-order chi connectivity index (χ0) is 13.1. The van der Waals surface area contributed by atoms with E-state index < -0.39 is 5.97 Å². The third kappa shape index (κ3) is 2.86. The molecule has 0 saturated heterocycles. The summed E-state index contributed by atoms with van der Waals surface area (Å²) in [7, 11) is 0. The maximum Gasteiger partial charge on any atom is 0.374 e. The van der Waals surface area contributed by atoms with Gasteiger partial charge in [-0.05, 0) is 37.3 Å². The van der Waals surface area contributed by atoms with Crippen molar-refractivity contribution >= 4 is 29.2 Å². The summed E-state index contributed by atoms with van der Waals surface area (Å²) in [5.74, 6) is 0.183. The van der Waals surface area contributed by atoms with Crippen molar-refractivity contribution in [1.29, 1.82) is 0 Å². The average Bonchev–Trinajstić information content (AvgIpc) is 2.77. The Morgan fingerprint density at radius 3 is 2.50 bits per heavy atom. The van der Waals surface area contributed by atoms with E-state index in [1.165, 1.54) is 0 Å². The average molecular weight is 285 g/mol. The number of halogens is 2. The van der Waals surface area contributed by atoms with E-state index in [2.05, 4.69) is 0 Å². The largest absolute Gasteiger partial charge is 0.460 e. The van der Waals surface area contributed by atoms with Crippen LogP contribution in [0.5, 0.6) is 0 Å². The number of furan rings is 1. The molecule has 0 atom stereocenters. The van der Waals surface area contributed by atoms with Crippen molar-refractivity contribution in [1.82, 2.24) is 0 Å². The molecule has 3 nitrogen and oxygen atoms in total. The molecule has 2 rings (SSSR count). The Labute approximate surface area is 114 Å². The summed E-state index contributed by atoms with van der Waals surface area (Å²) in [6, 6.07) is 8.28. The molecule has 0 aliphatic rings. The number of carbonyl (C=O) groups excluding carboxylic acids is 1. The molecule has 94 valence electrons. The zero-order valence-corrected chi connectivity index (χ0v) is 11.1. The molecule has 1 aromatic carbocycles. The topological polar surface area (TPSA) is 39.4 Å². The van der Waals surface area contributed by atoms with E-state index in [0.29, 0.717) is 28.0 Å². The quantitative estimate of drug-likeness (QED) is 0.783. The molecule has 0 saturated carbocycles. The number of carbonyl (C=O) groups is 1. The van der Waals surface area contributed by atoms with Gasteiger partial charge >= 0.3 is 5.97 Å². The maximum absolute atomic E-state index is 11.5. The van der Waals surface area contributed by atoms with Gasteiger partial charge in [0.1, 0.15) is 5.76 Å². The van der Waals surface area contributed by atoms with Crippen molar-refractivity contribution in [2.75, 3.05) is 6.61 Å². The highest BCUT2D eigenvalue weighted by atomic mass is 35.5. The van der Waals surface area contributed by atoms with Crippen LogP contribution in [0.3, 0.4) is 0 Å². The van der Waals surface area contributed by atoms with Gasteiger partial charge in [-0.15, -0.1) is 0 Å². The highest BCUT2D eigenvalue weighted by molar-refractivity contribution is 6.35. The van der Waals surface area contributed by atoms with Gasteiger partial charge in [0.2, 0.25) is 5.76 Å². The molecule has 0 amide bonds. The monoisotopic (exact) mass is 284 g/mol. The van der Waals surface area contributed by atoms with E-state index in [-0.39, 0.29) is 5.76 Å². The first-order valence-electron chi connectivity index (χ1n) is 5.33. The first-order chi connectivity index (χ1) is 8.60. The third-order valence-electron chi connectivity index (χ3n) is 2.23. The minimum absolute atomic E-state index is 0.156. The van der Waals surface area contributed by atoms with Crippen LogP contribution in [-0.2, 0) is 4.74 Å². The van der Waals surface area contributed by atoms with Crippen molar-refractivity contribution < 1.29 is 13.9 Å². The first kappa shape index (κ1) is 13.0. The zero-order valence-electron chi connectivity index (χ0n) is 9.57. The third-order valence-corrected chi connectivity index (χ3v) is 2.67. The van der Waals surface area contributed by atoms with E-state index in [0.717, 1.165) is 0 Å². The second-order valence-electron chi connectivity index (χ2n) is 3.54. The smallest absolute Gasteiger partial charge is 0.374 e. The van der Waals surface area contributed by atoms with Crippen LogP contribution >= 0.6 is 23.2 Å². The highest BCUT2D eigenvalue weighted by Crippen LogP contribution is 2.28. The molecule has 2 aromatic rings. The van der Waals surface area contributed by atoms with Gasteiger partial charge in [0, 0.05) is 15.6 Å². The predicted molar refractivity (Wildman–Crippen MR) is 70.1 cm³/mol. The molecule has 0 aliphatic heterocycles. The van der Waals surface area contributed by atoms with E-state index >= 15 is 0 Å². The van der Waals surface area contributed by atoms with Crippen LogP contribution in [0.15, 0.2) is 34.7 Å². The molecule has 1 aromatic heterocycles. The lowest BCUT2D eigenvalue weighted by atomic mass is 10.2. The lowest BCUT2D eigenvalue weighted by Gasteiger charge is -2.00. The van der Waals surface area contributed by atoms with Gasteiger partial charge in [-0.25, -0.2) is 4.79 Å². The normalized spacial score (nSPS) is 10.4. The van der Waals surface area contributed by atoms with E-state index in [1.807, 2.05) is 0 Å². The van der Waals surface area contributed by atoms with Crippen LogP contribution in [0, 0.1) is 0 Å². The number of rotatable bonds is 3. The Bertz CT molecular complexity index is 555. The summed E-state index contributed by atoms with van der Waals surface area (Å²) < 4.78 is 10.2. The van der Waals surface area contributed by atoms with Crippen molar-refractivity contribution in [3.63, 3.8) is 0 Å². The summed E-state index contributed by atoms with van der Waals surface area (Å²) in [5.41, 5.74) is 0.711. The van der Waals surface area contributed by atoms with Gasteiger partial charge in [-0.2, -0.15) is 0 Å². The minimum atomic E-state index is -0.489. The van der Waals surface area contributed by atoms with Crippen molar-refractivity contribution in [2.45, 2.75) is 6.92 Å². The molecule has 0 N–H and O–H groups in total. The van der Waals surface area contributed by atoms with E-state index in [4.69, 9.17) is 32.4 Å². The van der Waals surface area contributed by atoms with Crippen LogP contribution in [0.2, 0.25) is 10.0 Å². The van der Waals surface area contributed by atoms with Gasteiger partial charge in [-0.1, -0.05) is 23.2 Å². The molecule has 0 radical (unpaired) electrons. The molecule has 18 heavy (non-hydrogen) atoms. The summed E-state index contributed by atoms with van der Waals surface area (Å²) in [6.45, 7) is 2.04. The summed E-state index contributed by atoms with van der Waals surface area (Å²) >= 11 is 11.8. The Kier molecular flexibility index (Phi) is 3.94. The molecule has 0 bridgehead atoms. The molecule has 0 aliphatic carbocycles. The summed E-state index contributed by atoms with van der Waals surface area (Å²) in [4.78, 5) is 11.5. The molecule has 5 heteroatoms. The predicted octanol–water partition coefficient (Wildman–Crippen LogP) is 4.43.